The number of rotatable bonds is 1. The smallest absolute Gasteiger partial charge is 0.391 e. The van der Waals surface area contributed by atoms with Gasteiger partial charge in [0.05, 0.1) is 0 Å². The van der Waals surface area contributed by atoms with Crippen LogP contribution in [-0.4, -0.2) is 30.8 Å². The maximum absolute atomic E-state index is 5.72. The van der Waals surface area contributed by atoms with Crippen molar-refractivity contribution in [2.24, 2.45) is 0 Å². The number of nitrogens with zero attached hydrogens (tertiary/aromatic N) is 2. The number of anilines is 1. The lowest BCUT2D eigenvalue weighted by molar-refractivity contribution is 0.0211. The van der Waals surface area contributed by atoms with E-state index in [4.69, 9.17) is 9.15 Å². The highest BCUT2D eigenvalue weighted by molar-refractivity contribution is 5.73. The summed E-state index contributed by atoms with van der Waals surface area (Å²) in [5.41, 5.74) is 1.76. The molecule has 4 heteroatoms. The summed E-state index contributed by atoms with van der Waals surface area (Å²) in [5, 5.41) is 0. The van der Waals surface area contributed by atoms with Gasteiger partial charge in [-0.05, 0) is 19.1 Å². The zero-order valence-electron chi connectivity index (χ0n) is 9.22. The Morgan fingerprint density at radius 1 is 1.38 bits per heavy atom. The highest BCUT2D eigenvalue weighted by Gasteiger charge is 2.31. The van der Waals surface area contributed by atoms with Crippen LogP contribution >= 0.6 is 0 Å². The molecule has 1 saturated heterocycles. The van der Waals surface area contributed by atoms with Crippen molar-refractivity contribution in [3.63, 3.8) is 0 Å². The first kappa shape index (κ1) is 9.81. The van der Waals surface area contributed by atoms with Crippen molar-refractivity contribution >= 4 is 17.1 Å². The first-order valence-corrected chi connectivity index (χ1v) is 5.55. The summed E-state index contributed by atoms with van der Waals surface area (Å²) < 4.78 is 11.2. The summed E-state index contributed by atoms with van der Waals surface area (Å²) in [6, 6.07) is 8.54. The largest absolute Gasteiger partial charge is 0.455 e. The van der Waals surface area contributed by atoms with E-state index in [-0.39, 0.29) is 6.10 Å². The van der Waals surface area contributed by atoms with E-state index in [1.54, 1.807) is 0 Å². The first-order valence-electron chi connectivity index (χ1n) is 5.55. The molecule has 1 fully saturated rings. The highest BCUT2D eigenvalue weighted by Crippen LogP contribution is 2.22. The van der Waals surface area contributed by atoms with Gasteiger partial charge in [-0.25, -0.2) is 0 Å². The summed E-state index contributed by atoms with van der Waals surface area (Å²) in [6.45, 7) is 4.48. The van der Waals surface area contributed by atoms with Crippen LogP contribution in [-0.2, 0) is 4.74 Å². The van der Waals surface area contributed by atoms with Crippen LogP contribution < -0.4 is 4.90 Å². The SMILES string of the molecule is CC1C[N+](c2nc3ccccc3o2)CCO1. The molecule has 83 valence electrons. The van der Waals surface area contributed by atoms with E-state index in [0.717, 1.165) is 30.8 Å². The Bertz CT molecular complexity index is 461. The van der Waals surface area contributed by atoms with Crippen LogP contribution in [0.1, 0.15) is 6.92 Å². The standard InChI is InChI=1S/C12H14N2O2/c1-9-8-14(6-7-15-9)12-13-10-4-2-3-5-11(10)16-12/h2-5,9H,6-8H2,1H3/q+1. The quantitative estimate of drug-likeness (QED) is 0.687. The van der Waals surface area contributed by atoms with Gasteiger partial charge < -0.3 is 9.15 Å². The van der Waals surface area contributed by atoms with Gasteiger partial charge in [0.1, 0.15) is 18.2 Å². The third kappa shape index (κ3) is 1.70. The number of hydrogen-bond donors (Lipinski definition) is 0. The van der Waals surface area contributed by atoms with Crippen molar-refractivity contribution in [1.82, 2.24) is 9.88 Å². The molecule has 0 amide bonds. The average Bonchev–Trinajstić information content (AvgIpc) is 2.72. The van der Waals surface area contributed by atoms with Crippen molar-refractivity contribution in [2.75, 3.05) is 19.7 Å². The van der Waals surface area contributed by atoms with Crippen molar-refractivity contribution in [3.8, 4) is 0 Å². The number of aromatic nitrogens is 1. The summed E-state index contributed by atoms with van der Waals surface area (Å²) in [5.74, 6) is 0. The van der Waals surface area contributed by atoms with Gasteiger partial charge in [-0.2, -0.15) is 4.98 Å². The minimum atomic E-state index is 0.240. The van der Waals surface area contributed by atoms with Crippen LogP contribution in [0.4, 0.5) is 6.01 Å². The van der Waals surface area contributed by atoms with Crippen LogP contribution in [0.25, 0.3) is 11.1 Å². The van der Waals surface area contributed by atoms with Crippen LogP contribution in [0.15, 0.2) is 28.7 Å². The lowest BCUT2D eigenvalue weighted by atomic mass is 10.3. The molecule has 2 aromatic rings. The summed E-state index contributed by atoms with van der Waals surface area (Å²) in [4.78, 5) is 6.61. The van der Waals surface area contributed by atoms with Gasteiger partial charge in [0, 0.05) is 0 Å². The maximum atomic E-state index is 5.72. The topological polar surface area (TPSA) is 41.2 Å². The molecule has 1 atom stereocenters. The Balaban J connectivity index is 1.93. The molecule has 0 N–H and O–H groups in total. The Morgan fingerprint density at radius 2 is 2.25 bits per heavy atom. The Hall–Kier alpha value is -1.39. The molecule has 1 aromatic heterocycles. The zero-order chi connectivity index (χ0) is 11.0. The maximum Gasteiger partial charge on any atom is 0.455 e. The highest BCUT2D eigenvalue weighted by atomic mass is 16.5. The van der Waals surface area contributed by atoms with E-state index in [9.17, 15) is 0 Å². The molecule has 1 radical (unpaired) electrons. The minimum absolute atomic E-state index is 0.240. The van der Waals surface area contributed by atoms with E-state index in [2.05, 4.69) is 16.8 Å². The Labute approximate surface area is 93.8 Å². The molecule has 3 rings (SSSR count). The number of ether oxygens (including phenoxy) is 1. The molecule has 1 aliphatic rings. The second-order valence-corrected chi connectivity index (χ2v) is 4.09. The summed E-state index contributed by atoms with van der Waals surface area (Å²) >= 11 is 0. The summed E-state index contributed by atoms with van der Waals surface area (Å²) in [6.07, 6.45) is 0.240. The van der Waals surface area contributed by atoms with E-state index in [1.165, 1.54) is 0 Å². The van der Waals surface area contributed by atoms with Gasteiger partial charge >= 0.3 is 6.01 Å². The van der Waals surface area contributed by atoms with Crippen molar-refractivity contribution in [1.29, 1.82) is 0 Å². The monoisotopic (exact) mass is 218 g/mol. The molecular formula is C12H14N2O2+. The van der Waals surface area contributed by atoms with E-state index in [0.29, 0.717) is 6.01 Å². The molecule has 16 heavy (non-hydrogen) atoms. The predicted octanol–water partition coefficient (Wildman–Crippen LogP) is 2.02. The second kappa shape index (κ2) is 3.88. The molecule has 0 bridgehead atoms. The molecule has 0 saturated carbocycles. The van der Waals surface area contributed by atoms with E-state index >= 15 is 0 Å². The molecule has 1 unspecified atom stereocenters. The molecule has 1 aliphatic heterocycles. The number of para-hydroxylation sites is 2. The Kier molecular flexibility index (Phi) is 2.38. The number of oxazole rings is 1. The molecule has 0 aliphatic carbocycles. The first-order chi connectivity index (χ1) is 7.83. The van der Waals surface area contributed by atoms with Gasteiger partial charge in [0.2, 0.25) is 0 Å². The van der Waals surface area contributed by atoms with Crippen LogP contribution in [0.5, 0.6) is 0 Å². The van der Waals surface area contributed by atoms with Crippen molar-refractivity contribution < 1.29 is 9.15 Å². The summed E-state index contributed by atoms with van der Waals surface area (Å²) in [7, 11) is 0. The van der Waals surface area contributed by atoms with Gasteiger partial charge in [-0.3, -0.25) is 0 Å². The van der Waals surface area contributed by atoms with Gasteiger partial charge in [0.15, 0.2) is 18.7 Å². The van der Waals surface area contributed by atoms with E-state index < -0.39 is 0 Å². The minimum Gasteiger partial charge on any atom is -0.391 e. The number of morpholine rings is 1. The van der Waals surface area contributed by atoms with Crippen molar-refractivity contribution in [3.05, 3.63) is 24.3 Å². The third-order valence-corrected chi connectivity index (χ3v) is 2.79. The zero-order valence-corrected chi connectivity index (χ0v) is 9.22. The van der Waals surface area contributed by atoms with Crippen LogP contribution in [0.3, 0.4) is 0 Å². The van der Waals surface area contributed by atoms with E-state index in [1.807, 2.05) is 24.3 Å². The van der Waals surface area contributed by atoms with Crippen molar-refractivity contribution in [2.45, 2.75) is 13.0 Å². The fourth-order valence-corrected chi connectivity index (χ4v) is 1.99. The normalized spacial score (nSPS) is 22.7. The number of hydrogen-bond acceptors (Lipinski definition) is 4. The van der Waals surface area contributed by atoms with Crippen LogP contribution in [0, 0.1) is 0 Å². The van der Waals surface area contributed by atoms with Gasteiger partial charge in [-0.1, -0.05) is 17.0 Å². The lowest BCUT2D eigenvalue weighted by Crippen LogP contribution is -2.42. The fourth-order valence-electron chi connectivity index (χ4n) is 1.99. The lowest BCUT2D eigenvalue weighted by Gasteiger charge is -2.19. The fraction of sp³-hybridized carbons (Fsp3) is 0.417. The molecule has 2 heterocycles. The predicted molar refractivity (Wildman–Crippen MR) is 61.0 cm³/mol. The van der Waals surface area contributed by atoms with Crippen LogP contribution in [0.2, 0.25) is 0 Å². The number of fused-ring (bicyclic) bond motifs is 1. The molecule has 1 aromatic carbocycles. The number of benzene rings is 1. The average molecular weight is 218 g/mol. The molecule has 0 spiro atoms. The Morgan fingerprint density at radius 3 is 3.06 bits per heavy atom. The van der Waals surface area contributed by atoms with Gasteiger partial charge in [-0.15, -0.1) is 0 Å². The second-order valence-electron chi connectivity index (χ2n) is 4.09. The molecular weight excluding hydrogens is 204 g/mol. The third-order valence-electron chi connectivity index (χ3n) is 2.79. The molecule has 4 nitrogen and oxygen atoms in total. The van der Waals surface area contributed by atoms with Gasteiger partial charge in [0.25, 0.3) is 0 Å².